The average molecular weight is 319 g/mol. The minimum Gasteiger partial charge on any atom is -0.479 e. The van der Waals surface area contributed by atoms with Crippen molar-refractivity contribution in [1.29, 1.82) is 0 Å². The van der Waals surface area contributed by atoms with Crippen LogP contribution in [-0.2, 0) is 20.7 Å². The van der Waals surface area contributed by atoms with Crippen molar-refractivity contribution in [3.63, 3.8) is 0 Å². The zero-order valence-corrected chi connectivity index (χ0v) is 14.2. The number of aliphatic carboxylic acids is 1. The smallest absolute Gasteiger partial charge is 0.330 e. The number of rotatable bonds is 6. The molecule has 1 aliphatic rings. The molecular formula is C18H25NO4. The number of aryl methyl sites for hydroxylation is 1. The second-order valence-electron chi connectivity index (χ2n) is 6.79. The molecule has 1 fully saturated rings. The van der Waals surface area contributed by atoms with Crippen molar-refractivity contribution >= 4 is 11.9 Å². The Kier molecular flexibility index (Phi) is 4.80. The number of ether oxygens (including phenoxy) is 1. The number of carboxylic acid groups (broad SMARTS) is 1. The largest absolute Gasteiger partial charge is 0.479 e. The molecule has 1 amide bonds. The SMILES string of the molecule is CCOC1CC(NC(=O)Cc2ccc(C)cc2)(C(=O)O)C1(C)C. The van der Waals surface area contributed by atoms with Crippen molar-refractivity contribution in [3.05, 3.63) is 35.4 Å². The number of carbonyl (C=O) groups is 2. The van der Waals surface area contributed by atoms with Gasteiger partial charge in [0.15, 0.2) is 0 Å². The highest BCUT2D eigenvalue weighted by atomic mass is 16.5. The Morgan fingerprint density at radius 2 is 1.91 bits per heavy atom. The van der Waals surface area contributed by atoms with Gasteiger partial charge in [-0.05, 0) is 19.4 Å². The number of benzene rings is 1. The fourth-order valence-corrected chi connectivity index (χ4v) is 3.21. The highest BCUT2D eigenvalue weighted by molar-refractivity contribution is 5.90. The van der Waals surface area contributed by atoms with Crippen molar-refractivity contribution in [2.24, 2.45) is 5.41 Å². The molecule has 0 heterocycles. The van der Waals surface area contributed by atoms with Gasteiger partial charge in [0, 0.05) is 18.4 Å². The van der Waals surface area contributed by atoms with E-state index in [1.807, 2.05) is 52.0 Å². The van der Waals surface area contributed by atoms with Crippen molar-refractivity contribution in [2.45, 2.75) is 52.2 Å². The summed E-state index contributed by atoms with van der Waals surface area (Å²) in [5.41, 5.74) is 0.0647. The Labute approximate surface area is 137 Å². The zero-order valence-electron chi connectivity index (χ0n) is 14.2. The molecule has 5 nitrogen and oxygen atoms in total. The minimum atomic E-state index is -1.27. The zero-order chi connectivity index (χ0) is 17.3. The fourth-order valence-electron chi connectivity index (χ4n) is 3.21. The molecule has 1 saturated carbocycles. The van der Waals surface area contributed by atoms with Gasteiger partial charge in [0.2, 0.25) is 5.91 Å². The van der Waals surface area contributed by atoms with Crippen LogP contribution in [0.2, 0.25) is 0 Å². The summed E-state index contributed by atoms with van der Waals surface area (Å²) >= 11 is 0. The van der Waals surface area contributed by atoms with Crippen LogP contribution in [0.4, 0.5) is 0 Å². The Morgan fingerprint density at radius 3 is 2.39 bits per heavy atom. The summed E-state index contributed by atoms with van der Waals surface area (Å²) in [7, 11) is 0. The van der Waals surface area contributed by atoms with Gasteiger partial charge < -0.3 is 15.2 Å². The van der Waals surface area contributed by atoms with Gasteiger partial charge in [-0.3, -0.25) is 4.79 Å². The Hall–Kier alpha value is -1.88. The van der Waals surface area contributed by atoms with E-state index >= 15 is 0 Å². The molecule has 2 unspecified atom stereocenters. The average Bonchev–Trinajstić information content (AvgIpc) is 2.48. The molecule has 126 valence electrons. The first kappa shape index (κ1) is 17.5. The quantitative estimate of drug-likeness (QED) is 0.844. The summed E-state index contributed by atoms with van der Waals surface area (Å²) in [6.45, 7) is 8.05. The Morgan fingerprint density at radius 1 is 1.30 bits per heavy atom. The lowest BCUT2D eigenvalue weighted by Gasteiger charge is -2.58. The van der Waals surface area contributed by atoms with Crippen LogP contribution >= 0.6 is 0 Å². The van der Waals surface area contributed by atoms with Gasteiger partial charge in [-0.15, -0.1) is 0 Å². The van der Waals surface area contributed by atoms with Gasteiger partial charge in [0.25, 0.3) is 0 Å². The van der Waals surface area contributed by atoms with E-state index in [1.54, 1.807) is 0 Å². The first-order chi connectivity index (χ1) is 10.7. The molecule has 1 aromatic carbocycles. The third-order valence-corrected chi connectivity index (χ3v) is 4.97. The van der Waals surface area contributed by atoms with Crippen LogP contribution in [-0.4, -0.2) is 35.2 Å². The highest BCUT2D eigenvalue weighted by Gasteiger charge is 2.66. The number of carboxylic acids is 1. The molecular weight excluding hydrogens is 294 g/mol. The monoisotopic (exact) mass is 319 g/mol. The Bertz CT molecular complexity index is 594. The van der Waals surface area contributed by atoms with Gasteiger partial charge in [0.05, 0.1) is 12.5 Å². The summed E-state index contributed by atoms with van der Waals surface area (Å²) in [6.07, 6.45) is 0.302. The fraction of sp³-hybridized carbons (Fsp3) is 0.556. The van der Waals surface area contributed by atoms with E-state index in [0.717, 1.165) is 11.1 Å². The lowest BCUT2D eigenvalue weighted by molar-refractivity contribution is -0.194. The van der Waals surface area contributed by atoms with E-state index in [2.05, 4.69) is 5.32 Å². The van der Waals surface area contributed by atoms with E-state index in [4.69, 9.17) is 4.74 Å². The summed E-state index contributed by atoms with van der Waals surface area (Å²) in [5.74, 6) is -1.28. The normalized spacial score (nSPS) is 25.5. The molecule has 0 saturated heterocycles. The van der Waals surface area contributed by atoms with E-state index in [0.29, 0.717) is 13.0 Å². The lowest BCUT2D eigenvalue weighted by atomic mass is 9.54. The molecule has 2 N–H and O–H groups in total. The van der Waals surface area contributed by atoms with Crippen molar-refractivity contribution in [3.8, 4) is 0 Å². The lowest BCUT2D eigenvalue weighted by Crippen LogP contribution is -2.76. The molecule has 0 radical (unpaired) electrons. The number of nitrogens with one attached hydrogen (secondary N) is 1. The molecule has 0 bridgehead atoms. The van der Waals surface area contributed by atoms with Crippen LogP contribution in [0.25, 0.3) is 0 Å². The highest BCUT2D eigenvalue weighted by Crippen LogP contribution is 2.51. The Balaban J connectivity index is 2.10. The van der Waals surface area contributed by atoms with Crippen LogP contribution < -0.4 is 5.32 Å². The predicted molar refractivity (Wildman–Crippen MR) is 87.2 cm³/mol. The van der Waals surface area contributed by atoms with Crippen molar-refractivity contribution < 1.29 is 19.4 Å². The van der Waals surface area contributed by atoms with Crippen LogP contribution in [0, 0.1) is 12.3 Å². The van der Waals surface area contributed by atoms with Crippen molar-refractivity contribution in [2.75, 3.05) is 6.61 Å². The predicted octanol–water partition coefficient (Wildman–Crippen LogP) is 2.31. The summed E-state index contributed by atoms with van der Waals surface area (Å²) in [6, 6.07) is 7.65. The van der Waals surface area contributed by atoms with Gasteiger partial charge in [-0.25, -0.2) is 4.79 Å². The molecule has 1 aromatic rings. The number of hydrogen-bond donors (Lipinski definition) is 2. The molecule has 1 aliphatic carbocycles. The van der Waals surface area contributed by atoms with Gasteiger partial charge in [-0.2, -0.15) is 0 Å². The number of carbonyl (C=O) groups excluding carboxylic acids is 1. The molecule has 0 aromatic heterocycles. The maximum Gasteiger partial charge on any atom is 0.330 e. The molecule has 2 atom stereocenters. The maximum atomic E-state index is 12.3. The molecule has 23 heavy (non-hydrogen) atoms. The molecule has 2 rings (SSSR count). The summed E-state index contributed by atoms with van der Waals surface area (Å²) < 4.78 is 5.60. The topological polar surface area (TPSA) is 75.6 Å². The molecule has 0 aliphatic heterocycles. The number of amides is 1. The second kappa shape index (κ2) is 6.32. The standard InChI is InChI=1S/C18H25NO4/c1-5-23-14-11-18(16(21)22,17(14,3)4)19-15(20)10-13-8-6-12(2)7-9-13/h6-9,14H,5,10-11H2,1-4H3,(H,19,20)(H,21,22). The first-order valence-electron chi connectivity index (χ1n) is 7.94. The molecule has 0 spiro atoms. The van der Waals surface area contributed by atoms with Gasteiger partial charge in [0.1, 0.15) is 5.54 Å². The summed E-state index contributed by atoms with van der Waals surface area (Å²) in [4.78, 5) is 24.2. The van der Waals surface area contributed by atoms with E-state index < -0.39 is 16.9 Å². The van der Waals surface area contributed by atoms with E-state index in [-0.39, 0.29) is 18.4 Å². The third-order valence-electron chi connectivity index (χ3n) is 4.97. The summed E-state index contributed by atoms with van der Waals surface area (Å²) in [5, 5.41) is 12.4. The van der Waals surface area contributed by atoms with Crippen LogP contribution in [0.3, 0.4) is 0 Å². The van der Waals surface area contributed by atoms with Gasteiger partial charge in [-0.1, -0.05) is 43.7 Å². The first-order valence-corrected chi connectivity index (χ1v) is 7.94. The van der Waals surface area contributed by atoms with E-state index in [9.17, 15) is 14.7 Å². The number of hydrogen-bond acceptors (Lipinski definition) is 3. The van der Waals surface area contributed by atoms with Crippen LogP contribution in [0.5, 0.6) is 0 Å². The maximum absolute atomic E-state index is 12.3. The van der Waals surface area contributed by atoms with Crippen LogP contribution in [0.15, 0.2) is 24.3 Å². The van der Waals surface area contributed by atoms with Crippen molar-refractivity contribution in [1.82, 2.24) is 5.32 Å². The van der Waals surface area contributed by atoms with E-state index in [1.165, 1.54) is 0 Å². The second-order valence-corrected chi connectivity index (χ2v) is 6.79. The third kappa shape index (κ3) is 3.11. The van der Waals surface area contributed by atoms with Gasteiger partial charge >= 0.3 is 5.97 Å². The minimum absolute atomic E-state index is 0.164. The van der Waals surface area contributed by atoms with Crippen LogP contribution in [0.1, 0.15) is 38.3 Å². The molecule has 5 heteroatoms.